The van der Waals surface area contributed by atoms with Crippen LogP contribution in [0.25, 0.3) is 10.3 Å². The highest BCUT2D eigenvalue weighted by atomic mass is 35.5. The molecule has 4 aromatic rings. The smallest absolute Gasteiger partial charge is 0.346 e. The number of pyridine rings is 1. The van der Waals surface area contributed by atoms with Crippen molar-refractivity contribution in [1.82, 2.24) is 14.5 Å². The molecule has 12 heteroatoms. The standard InChI is InChI=1S/C30H29ClN6O4S/c1-40-22-11-20(31)6-5-19(22)13-41-25-4-2-3-24(33-25)35-14-30(15-35)16-36(17-30)28-34-26-21(12-23(42-26)27(38)39)37(28)18-29(7-8-29)9-10-32/h2-6,11-12H,7-9,13-18H2,1H3,(H,38,39). The summed E-state index contributed by atoms with van der Waals surface area (Å²) in [6.45, 7) is 4.54. The zero-order valence-corrected chi connectivity index (χ0v) is 24.6. The van der Waals surface area contributed by atoms with Gasteiger partial charge in [-0.2, -0.15) is 10.2 Å². The third-order valence-corrected chi connectivity index (χ3v) is 9.83. The number of carboxylic acid groups (broad SMARTS) is 1. The first-order valence-electron chi connectivity index (χ1n) is 13.8. The van der Waals surface area contributed by atoms with Crippen LogP contribution >= 0.6 is 22.9 Å². The lowest BCUT2D eigenvalue weighted by atomic mass is 9.73. The maximum absolute atomic E-state index is 11.6. The monoisotopic (exact) mass is 604 g/mol. The Morgan fingerprint density at radius 2 is 1.93 bits per heavy atom. The highest BCUT2D eigenvalue weighted by Crippen LogP contribution is 2.52. The van der Waals surface area contributed by atoms with Crippen molar-refractivity contribution >= 4 is 51.0 Å². The van der Waals surface area contributed by atoms with Crippen molar-refractivity contribution in [3.05, 3.63) is 57.9 Å². The Morgan fingerprint density at radius 3 is 2.64 bits per heavy atom. The van der Waals surface area contributed by atoms with Crippen molar-refractivity contribution < 1.29 is 19.4 Å². The van der Waals surface area contributed by atoms with Gasteiger partial charge in [0, 0.05) is 66.6 Å². The van der Waals surface area contributed by atoms with Crippen molar-refractivity contribution in [2.75, 3.05) is 43.1 Å². The van der Waals surface area contributed by atoms with Crippen LogP contribution in [0.3, 0.4) is 0 Å². The molecule has 2 saturated heterocycles. The van der Waals surface area contributed by atoms with Gasteiger partial charge in [-0.05, 0) is 37.1 Å². The second-order valence-corrected chi connectivity index (χ2v) is 13.2. The van der Waals surface area contributed by atoms with Gasteiger partial charge in [-0.15, -0.1) is 11.3 Å². The zero-order chi connectivity index (χ0) is 29.1. The topological polar surface area (TPSA) is 117 Å². The number of rotatable bonds is 10. The number of nitriles is 1. The number of fused-ring (bicyclic) bond motifs is 1. The van der Waals surface area contributed by atoms with Crippen LogP contribution in [0.5, 0.6) is 11.6 Å². The minimum Gasteiger partial charge on any atom is -0.496 e. The number of hydrogen-bond donors (Lipinski definition) is 1. The van der Waals surface area contributed by atoms with E-state index in [1.54, 1.807) is 19.2 Å². The minimum absolute atomic E-state index is 0.0320. The summed E-state index contributed by atoms with van der Waals surface area (Å²) in [6, 6.07) is 15.4. The molecule has 1 saturated carbocycles. The van der Waals surface area contributed by atoms with Crippen LogP contribution in [-0.4, -0.2) is 58.9 Å². The van der Waals surface area contributed by atoms with Gasteiger partial charge in [0.1, 0.15) is 27.9 Å². The lowest BCUT2D eigenvalue weighted by molar-refractivity contribution is 0.0702. The second kappa shape index (κ2) is 10.1. The molecule has 3 aromatic heterocycles. The highest BCUT2D eigenvalue weighted by molar-refractivity contribution is 7.20. The van der Waals surface area contributed by atoms with Crippen LogP contribution in [0, 0.1) is 22.2 Å². The third kappa shape index (κ3) is 4.78. The van der Waals surface area contributed by atoms with E-state index in [-0.39, 0.29) is 10.8 Å². The Balaban J connectivity index is 1.02. The first kappa shape index (κ1) is 26.9. The molecule has 10 nitrogen and oxygen atoms in total. The highest BCUT2D eigenvalue weighted by Gasteiger charge is 2.54. The summed E-state index contributed by atoms with van der Waals surface area (Å²) in [4.78, 5) is 26.8. The van der Waals surface area contributed by atoms with Crippen LogP contribution in [0.4, 0.5) is 11.8 Å². The van der Waals surface area contributed by atoms with Crippen LogP contribution in [-0.2, 0) is 13.2 Å². The molecule has 42 heavy (non-hydrogen) atoms. The fraction of sp³-hybridized carbons (Fsp3) is 0.400. The van der Waals surface area contributed by atoms with Crippen LogP contribution in [0.15, 0.2) is 42.5 Å². The van der Waals surface area contributed by atoms with E-state index in [0.717, 1.165) is 66.7 Å². The molecule has 0 unspecified atom stereocenters. The number of thiophene rings is 1. The zero-order valence-electron chi connectivity index (χ0n) is 23.0. The van der Waals surface area contributed by atoms with Gasteiger partial charge in [0.05, 0.1) is 18.7 Å². The average molecular weight is 605 g/mol. The molecule has 3 fully saturated rings. The van der Waals surface area contributed by atoms with E-state index < -0.39 is 5.97 Å². The number of methoxy groups -OCH3 is 1. The van der Waals surface area contributed by atoms with Gasteiger partial charge in [0.15, 0.2) is 0 Å². The fourth-order valence-electron chi connectivity index (χ4n) is 6.16. The lowest BCUT2D eigenvalue weighted by Gasteiger charge is -2.60. The van der Waals surface area contributed by atoms with E-state index in [1.165, 1.54) is 11.3 Å². The summed E-state index contributed by atoms with van der Waals surface area (Å²) in [6.07, 6.45) is 2.53. The third-order valence-electron chi connectivity index (χ3n) is 8.59. The van der Waals surface area contributed by atoms with Gasteiger partial charge in [0.25, 0.3) is 0 Å². The number of ether oxygens (including phenoxy) is 2. The van der Waals surface area contributed by atoms with Crippen LogP contribution < -0.4 is 19.3 Å². The molecule has 2 aliphatic heterocycles. The van der Waals surface area contributed by atoms with Crippen LogP contribution in [0.1, 0.15) is 34.5 Å². The van der Waals surface area contributed by atoms with E-state index in [0.29, 0.717) is 41.1 Å². The summed E-state index contributed by atoms with van der Waals surface area (Å²) in [5.41, 5.74) is 1.87. The van der Waals surface area contributed by atoms with E-state index in [2.05, 4.69) is 20.4 Å². The summed E-state index contributed by atoms with van der Waals surface area (Å²) < 4.78 is 13.6. The number of aromatic carboxylic acids is 1. The molecule has 0 amide bonds. The average Bonchev–Trinajstić information content (AvgIpc) is 3.43. The Morgan fingerprint density at radius 1 is 1.14 bits per heavy atom. The maximum Gasteiger partial charge on any atom is 0.346 e. The number of nitrogens with zero attached hydrogens (tertiary/aromatic N) is 6. The molecule has 1 aromatic carbocycles. The van der Waals surface area contributed by atoms with Crippen molar-refractivity contribution in [2.24, 2.45) is 10.8 Å². The van der Waals surface area contributed by atoms with Gasteiger partial charge in [0.2, 0.25) is 11.8 Å². The van der Waals surface area contributed by atoms with Crippen molar-refractivity contribution in [2.45, 2.75) is 32.4 Å². The molecule has 5 heterocycles. The van der Waals surface area contributed by atoms with Crippen LogP contribution in [0.2, 0.25) is 5.02 Å². The maximum atomic E-state index is 11.6. The molecule has 0 radical (unpaired) electrons. The van der Waals surface area contributed by atoms with E-state index in [1.807, 2.05) is 30.3 Å². The van der Waals surface area contributed by atoms with Crippen molar-refractivity contribution in [3.8, 4) is 17.7 Å². The van der Waals surface area contributed by atoms with Gasteiger partial charge < -0.3 is 28.9 Å². The molecule has 1 spiro atoms. The molecule has 7 rings (SSSR count). The molecule has 1 N–H and O–H groups in total. The number of benzene rings is 1. The molecule has 216 valence electrons. The largest absolute Gasteiger partial charge is 0.496 e. The number of carbonyl (C=O) groups is 1. The van der Waals surface area contributed by atoms with Crippen molar-refractivity contribution in [1.29, 1.82) is 5.26 Å². The fourth-order valence-corrected chi connectivity index (χ4v) is 7.19. The quantitative estimate of drug-likeness (QED) is 0.252. The number of halogens is 1. The lowest BCUT2D eigenvalue weighted by Crippen LogP contribution is -2.73. The number of imidazole rings is 1. The van der Waals surface area contributed by atoms with Gasteiger partial charge in [-0.3, -0.25) is 0 Å². The summed E-state index contributed by atoms with van der Waals surface area (Å²) >= 11 is 7.29. The van der Waals surface area contributed by atoms with E-state index in [4.69, 9.17) is 31.0 Å². The molecule has 1 aliphatic carbocycles. The minimum atomic E-state index is -0.936. The molecule has 3 aliphatic rings. The molecule has 0 atom stereocenters. The first-order chi connectivity index (χ1) is 20.3. The number of carboxylic acids is 1. The SMILES string of the molecule is COc1cc(Cl)ccc1COc1cccc(N2CC3(C2)CN(c2nc4sc(C(=O)O)cc4n2CC2(CC#N)CC2)C3)n1. The Labute approximate surface area is 251 Å². The van der Waals surface area contributed by atoms with E-state index in [9.17, 15) is 15.2 Å². The first-order valence-corrected chi connectivity index (χ1v) is 15.0. The molecule has 0 bridgehead atoms. The summed E-state index contributed by atoms with van der Waals surface area (Å²) in [5, 5.41) is 19.5. The van der Waals surface area contributed by atoms with Gasteiger partial charge in [-0.25, -0.2) is 9.78 Å². The predicted molar refractivity (Wildman–Crippen MR) is 160 cm³/mol. The van der Waals surface area contributed by atoms with Crippen molar-refractivity contribution in [3.63, 3.8) is 0 Å². The van der Waals surface area contributed by atoms with Gasteiger partial charge in [-0.1, -0.05) is 23.7 Å². The second-order valence-electron chi connectivity index (χ2n) is 11.7. The summed E-state index contributed by atoms with van der Waals surface area (Å²) in [5.74, 6) is 2.06. The Kier molecular flexibility index (Phi) is 6.44. The van der Waals surface area contributed by atoms with E-state index >= 15 is 0 Å². The Bertz CT molecular complexity index is 1730. The Hall–Kier alpha value is -4.01. The number of anilines is 2. The molecular weight excluding hydrogens is 576 g/mol. The molecular formula is C30H29ClN6O4S. The van der Waals surface area contributed by atoms with Gasteiger partial charge >= 0.3 is 5.97 Å². The summed E-state index contributed by atoms with van der Waals surface area (Å²) in [7, 11) is 1.61. The normalized spacial score (nSPS) is 17.9. The predicted octanol–water partition coefficient (Wildman–Crippen LogP) is 5.45. The number of hydrogen-bond acceptors (Lipinski definition) is 9. The number of aromatic nitrogens is 3.